The number of amides is 1. The number of aliphatic hydroxyl groups is 1. The molecule has 4 rings (SSSR count). The van der Waals surface area contributed by atoms with E-state index in [-0.39, 0.29) is 16.9 Å². The quantitative estimate of drug-likeness (QED) is 0.368. The van der Waals surface area contributed by atoms with Crippen LogP contribution in [-0.2, 0) is 9.59 Å². The van der Waals surface area contributed by atoms with E-state index in [0.717, 1.165) is 10.6 Å². The lowest BCUT2D eigenvalue weighted by atomic mass is 9.95. The van der Waals surface area contributed by atoms with Crippen molar-refractivity contribution in [1.82, 2.24) is 4.98 Å². The van der Waals surface area contributed by atoms with E-state index in [1.54, 1.807) is 24.3 Å². The van der Waals surface area contributed by atoms with Gasteiger partial charge in [0.1, 0.15) is 17.3 Å². The predicted molar refractivity (Wildman–Crippen MR) is 116 cm³/mol. The second kappa shape index (κ2) is 7.96. The molecule has 6 nitrogen and oxygen atoms in total. The maximum atomic E-state index is 13.4. The lowest BCUT2D eigenvalue weighted by molar-refractivity contribution is -0.132. The van der Waals surface area contributed by atoms with Crippen molar-refractivity contribution >= 4 is 33.9 Å². The van der Waals surface area contributed by atoms with Crippen molar-refractivity contribution in [2.75, 3.05) is 12.0 Å². The summed E-state index contributed by atoms with van der Waals surface area (Å²) >= 11 is 1.29. The first-order valence-corrected chi connectivity index (χ1v) is 10.3. The van der Waals surface area contributed by atoms with E-state index >= 15 is 0 Å². The second-order valence-corrected chi connectivity index (χ2v) is 8.27. The molecule has 0 unspecified atom stereocenters. The lowest BCUT2D eigenvalue weighted by Gasteiger charge is -2.23. The molecule has 1 fully saturated rings. The first-order chi connectivity index (χ1) is 14.8. The van der Waals surface area contributed by atoms with Gasteiger partial charge in [0, 0.05) is 10.4 Å². The Labute approximate surface area is 182 Å². The topological polar surface area (TPSA) is 79.7 Å². The van der Waals surface area contributed by atoms with Gasteiger partial charge in [-0.25, -0.2) is 9.37 Å². The van der Waals surface area contributed by atoms with Gasteiger partial charge in [0.15, 0.2) is 5.13 Å². The number of aromatic nitrogens is 1. The number of aliphatic hydroxyl groups excluding tert-OH is 1. The molecule has 2 aromatic carbocycles. The Morgan fingerprint density at radius 2 is 1.87 bits per heavy atom. The average Bonchev–Trinajstić information content (AvgIpc) is 3.23. The standard InChI is InChI=1S/C23H19FN2O4S/c1-12-13(2)31-23(25-12)26-19(15-5-4-6-17(11-15)30-3)18(21(28)22(26)29)20(27)14-7-9-16(24)10-8-14/h4-11,19,27H,1-3H3/b20-18+/t19-/m0/s1. The van der Waals surface area contributed by atoms with Gasteiger partial charge in [-0.05, 0) is 55.8 Å². The molecule has 2 heterocycles. The summed E-state index contributed by atoms with van der Waals surface area (Å²) in [4.78, 5) is 32.8. The van der Waals surface area contributed by atoms with Gasteiger partial charge >= 0.3 is 5.91 Å². The van der Waals surface area contributed by atoms with Crippen molar-refractivity contribution in [1.29, 1.82) is 0 Å². The van der Waals surface area contributed by atoms with Gasteiger partial charge in [0.2, 0.25) is 0 Å². The molecule has 0 spiro atoms. The van der Waals surface area contributed by atoms with Crippen LogP contribution in [0.4, 0.5) is 9.52 Å². The van der Waals surface area contributed by atoms with Crippen molar-refractivity contribution in [3.63, 3.8) is 0 Å². The van der Waals surface area contributed by atoms with Gasteiger partial charge in [0.05, 0.1) is 24.4 Å². The number of rotatable bonds is 4. The number of aryl methyl sites for hydroxylation is 2. The van der Waals surface area contributed by atoms with Crippen molar-refractivity contribution in [2.24, 2.45) is 0 Å². The number of carbonyl (C=O) groups is 2. The maximum Gasteiger partial charge on any atom is 0.301 e. The molecule has 0 saturated carbocycles. The molecular weight excluding hydrogens is 419 g/mol. The number of halogens is 1. The number of Topliss-reactive ketones (excluding diaryl/α,β-unsaturated/α-hetero) is 1. The predicted octanol–water partition coefficient (Wildman–Crippen LogP) is 4.53. The monoisotopic (exact) mass is 438 g/mol. The Balaban J connectivity index is 1.96. The Morgan fingerprint density at radius 3 is 2.48 bits per heavy atom. The van der Waals surface area contributed by atoms with Gasteiger partial charge in [0.25, 0.3) is 5.78 Å². The summed E-state index contributed by atoms with van der Waals surface area (Å²) in [6.07, 6.45) is 0. The van der Waals surface area contributed by atoms with Crippen LogP contribution in [0.25, 0.3) is 5.76 Å². The summed E-state index contributed by atoms with van der Waals surface area (Å²) in [6.45, 7) is 3.71. The fraction of sp³-hybridized carbons (Fsp3) is 0.174. The van der Waals surface area contributed by atoms with E-state index in [1.165, 1.54) is 47.6 Å². The van der Waals surface area contributed by atoms with Crippen LogP contribution in [-0.4, -0.2) is 28.9 Å². The smallest absolute Gasteiger partial charge is 0.301 e. The van der Waals surface area contributed by atoms with Crippen molar-refractivity contribution in [2.45, 2.75) is 19.9 Å². The van der Waals surface area contributed by atoms with Crippen LogP contribution in [0.1, 0.15) is 27.7 Å². The number of methoxy groups -OCH3 is 1. The number of nitrogens with zero attached hydrogens (tertiary/aromatic N) is 2. The molecule has 1 amide bonds. The third kappa shape index (κ3) is 3.59. The van der Waals surface area contributed by atoms with E-state index in [9.17, 15) is 19.1 Å². The number of carbonyl (C=O) groups excluding carboxylic acids is 2. The molecule has 3 aromatic rings. The molecule has 1 N–H and O–H groups in total. The zero-order valence-electron chi connectivity index (χ0n) is 17.0. The molecule has 158 valence electrons. The third-order valence-corrected chi connectivity index (χ3v) is 6.27. The van der Waals surface area contributed by atoms with Crippen LogP contribution < -0.4 is 9.64 Å². The molecular formula is C23H19FN2O4S. The fourth-order valence-electron chi connectivity index (χ4n) is 3.48. The Hall–Kier alpha value is -3.52. The molecule has 31 heavy (non-hydrogen) atoms. The number of benzene rings is 2. The SMILES string of the molecule is COc1cccc([C@H]2/C(=C(\O)c3ccc(F)cc3)C(=O)C(=O)N2c2nc(C)c(C)s2)c1. The number of hydrogen-bond acceptors (Lipinski definition) is 6. The van der Waals surface area contributed by atoms with Gasteiger partial charge in [-0.15, -0.1) is 11.3 Å². The van der Waals surface area contributed by atoms with Gasteiger partial charge in [-0.3, -0.25) is 14.5 Å². The Morgan fingerprint density at radius 1 is 1.16 bits per heavy atom. The van der Waals surface area contributed by atoms with Crippen molar-refractivity contribution in [3.05, 3.63) is 81.6 Å². The molecule has 1 saturated heterocycles. The number of ether oxygens (including phenoxy) is 1. The normalized spacial score (nSPS) is 17.9. The summed E-state index contributed by atoms with van der Waals surface area (Å²) in [5.41, 5.74) is 1.48. The minimum atomic E-state index is -0.912. The van der Waals surface area contributed by atoms with E-state index in [4.69, 9.17) is 4.74 Å². The summed E-state index contributed by atoms with van der Waals surface area (Å²) in [5, 5.41) is 11.4. The van der Waals surface area contributed by atoms with E-state index < -0.39 is 23.5 Å². The molecule has 1 atom stereocenters. The molecule has 8 heteroatoms. The average molecular weight is 438 g/mol. The number of ketones is 1. The van der Waals surface area contributed by atoms with Crippen LogP contribution >= 0.6 is 11.3 Å². The van der Waals surface area contributed by atoms with Crippen LogP contribution in [0.2, 0.25) is 0 Å². The molecule has 1 aliphatic heterocycles. The first kappa shape index (κ1) is 20.7. The lowest BCUT2D eigenvalue weighted by Crippen LogP contribution is -2.29. The highest BCUT2D eigenvalue weighted by atomic mass is 32.1. The van der Waals surface area contributed by atoms with Crippen LogP contribution in [0.3, 0.4) is 0 Å². The zero-order valence-corrected chi connectivity index (χ0v) is 17.9. The molecule has 0 aliphatic carbocycles. The van der Waals surface area contributed by atoms with E-state index in [1.807, 2.05) is 13.8 Å². The highest BCUT2D eigenvalue weighted by Crippen LogP contribution is 2.44. The molecule has 1 aromatic heterocycles. The fourth-order valence-corrected chi connectivity index (χ4v) is 4.42. The Bertz CT molecular complexity index is 1200. The highest BCUT2D eigenvalue weighted by Gasteiger charge is 2.48. The third-order valence-electron chi connectivity index (χ3n) is 5.19. The minimum Gasteiger partial charge on any atom is -0.507 e. The maximum absolute atomic E-state index is 13.4. The van der Waals surface area contributed by atoms with Crippen molar-refractivity contribution < 1.29 is 23.8 Å². The largest absolute Gasteiger partial charge is 0.507 e. The molecule has 1 aliphatic rings. The number of hydrogen-bond donors (Lipinski definition) is 1. The summed E-state index contributed by atoms with van der Waals surface area (Å²) in [7, 11) is 1.52. The summed E-state index contributed by atoms with van der Waals surface area (Å²) in [6, 6.07) is 11.1. The molecule has 0 radical (unpaired) electrons. The van der Waals surface area contributed by atoms with Crippen LogP contribution in [0.5, 0.6) is 5.75 Å². The number of anilines is 1. The van der Waals surface area contributed by atoms with Gasteiger partial charge in [-0.1, -0.05) is 12.1 Å². The van der Waals surface area contributed by atoms with Crippen LogP contribution in [0.15, 0.2) is 54.1 Å². The van der Waals surface area contributed by atoms with E-state index in [0.29, 0.717) is 16.4 Å². The first-order valence-electron chi connectivity index (χ1n) is 9.46. The molecule has 0 bridgehead atoms. The van der Waals surface area contributed by atoms with Crippen LogP contribution in [0, 0.1) is 19.7 Å². The highest BCUT2D eigenvalue weighted by molar-refractivity contribution is 7.16. The van der Waals surface area contributed by atoms with Gasteiger partial charge < -0.3 is 9.84 Å². The Kier molecular flexibility index (Phi) is 5.32. The second-order valence-electron chi connectivity index (χ2n) is 7.09. The summed E-state index contributed by atoms with van der Waals surface area (Å²) < 4.78 is 18.7. The van der Waals surface area contributed by atoms with Crippen molar-refractivity contribution in [3.8, 4) is 5.75 Å². The van der Waals surface area contributed by atoms with Gasteiger partial charge in [-0.2, -0.15) is 0 Å². The minimum absolute atomic E-state index is 0.0876. The summed E-state index contributed by atoms with van der Waals surface area (Å²) in [5.74, 6) is -1.93. The zero-order chi connectivity index (χ0) is 22.3. The van der Waals surface area contributed by atoms with E-state index in [2.05, 4.69) is 4.98 Å². The number of thiazole rings is 1.